The van der Waals surface area contributed by atoms with Crippen LogP contribution in [-0.4, -0.2) is 13.1 Å². The quantitative estimate of drug-likeness (QED) is 0.798. The molecule has 0 atom stereocenters. The molecule has 2 N–H and O–H groups in total. The van der Waals surface area contributed by atoms with Crippen LogP contribution >= 0.6 is 0 Å². The van der Waals surface area contributed by atoms with Crippen LogP contribution in [0.1, 0.15) is 26.7 Å². The van der Waals surface area contributed by atoms with Crippen LogP contribution < -0.4 is 10.6 Å². The standard InChI is InChI=1S/C14H21FN2/c1-10(2)11-5-7-17(8-6-11)14-4-3-12(16)9-13(14)15/h3-4,9-11H,5-8,16H2,1-2H3. The average molecular weight is 236 g/mol. The van der Waals surface area contributed by atoms with E-state index in [-0.39, 0.29) is 5.82 Å². The van der Waals surface area contributed by atoms with E-state index in [4.69, 9.17) is 5.73 Å². The fourth-order valence-corrected chi connectivity index (χ4v) is 2.59. The largest absolute Gasteiger partial charge is 0.399 e. The van der Waals surface area contributed by atoms with Gasteiger partial charge >= 0.3 is 0 Å². The van der Waals surface area contributed by atoms with E-state index in [1.807, 2.05) is 0 Å². The number of nitrogen functional groups attached to an aromatic ring is 1. The van der Waals surface area contributed by atoms with Crippen molar-refractivity contribution in [2.24, 2.45) is 11.8 Å². The molecule has 1 aliphatic heterocycles. The van der Waals surface area contributed by atoms with Crippen LogP contribution in [0.15, 0.2) is 18.2 Å². The van der Waals surface area contributed by atoms with Gasteiger partial charge in [-0.1, -0.05) is 13.8 Å². The molecule has 0 aliphatic carbocycles. The molecule has 17 heavy (non-hydrogen) atoms. The zero-order valence-electron chi connectivity index (χ0n) is 10.6. The van der Waals surface area contributed by atoms with Gasteiger partial charge in [0.15, 0.2) is 0 Å². The minimum atomic E-state index is -0.201. The third kappa shape index (κ3) is 2.71. The highest BCUT2D eigenvalue weighted by atomic mass is 19.1. The summed E-state index contributed by atoms with van der Waals surface area (Å²) in [5.74, 6) is 1.31. The van der Waals surface area contributed by atoms with Crippen molar-refractivity contribution >= 4 is 11.4 Å². The molecular formula is C14H21FN2. The third-order valence-corrected chi connectivity index (χ3v) is 3.79. The first-order valence-electron chi connectivity index (χ1n) is 6.38. The zero-order chi connectivity index (χ0) is 12.4. The van der Waals surface area contributed by atoms with E-state index in [0.717, 1.165) is 37.8 Å². The van der Waals surface area contributed by atoms with Crippen molar-refractivity contribution < 1.29 is 4.39 Å². The fourth-order valence-electron chi connectivity index (χ4n) is 2.59. The summed E-state index contributed by atoms with van der Waals surface area (Å²) in [5.41, 5.74) is 6.75. The van der Waals surface area contributed by atoms with Crippen LogP contribution in [-0.2, 0) is 0 Å². The minimum absolute atomic E-state index is 0.201. The Hall–Kier alpha value is -1.25. The summed E-state index contributed by atoms with van der Waals surface area (Å²) < 4.78 is 13.8. The third-order valence-electron chi connectivity index (χ3n) is 3.79. The lowest BCUT2D eigenvalue weighted by Gasteiger charge is -2.35. The van der Waals surface area contributed by atoms with Gasteiger partial charge in [-0.15, -0.1) is 0 Å². The number of nitrogens with two attached hydrogens (primary N) is 1. The Kier molecular flexibility index (Phi) is 3.55. The number of halogens is 1. The molecule has 0 spiro atoms. The molecule has 1 aliphatic rings. The van der Waals surface area contributed by atoms with Gasteiger partial charge in [0.1, 0.15) is 5.82 Å². The number of nitrogens with zero attached hydrogens (tertiary/aromatic N) is 1. The van der Waals surface area contributed by atoms with Gasteiger partial charge in [0, 0.05) is 18.8 Å². The summed E-state index contributed by atoms with van der Waals surface area (Å²) in [6, 6.07) is 4.97. The lowest BCUT2D eigenvalue weighted by atomic mass is 9.86. The van der Waals surface area contributed by atoms with Gasteiger partial charge < -0.3 is 10.6 Å². The maximum atomic E-state index is 13.8. The van der Waals surface area contributed by atoms with Crippen LogP contribution in [0.3, 0.4) is 0 Å². The van der Waals surface area contributed by atoms with Crippen LogP contribution in [0.5, 0.6) is 0 Å². The van der Waals surface area contributed by atoms with Crippen molar-refractivity contribution in [2.75, 3.05) is 23.7 Å². The maximum Gasteiger partial charge on any atom is 0.148 e. The summed E-state index contributed by atoms with van der Waals surface area (Å²) in [6.45, 7) is 6.43. The lowest BCUT2D eigenvalue weighted by molar-refractivity contribution is 0.310. The Morgan fingerprint density at radius 1 is 1.29 bits per heavy atom. The van der Waals surface area contributed by atoms with Crippen molar-refractivity contribution in [3.05, 3.63) is 24.0 Å². The lowest BCUT2D eigenvalue weighted by Crippen LogP contribution is -2.35. The van der Waals surface area contributed by atoms with Gasteiger partial charge in [0.2, 0.25) is 0 Å². The van der Waals surface area contributed by atoms with Crippen LogP contribution in [0, 0.1) is 17.7 Å². The molecule has 1 aromatic carbocycles. The molecule has 1 heterocycles. The normalized spacial score (nSPS) is 17.8. The maximum absolute atomic E-state index is 13.8. The first-order chi connectivity index (χ1) is 8.08. The summed E-state index contributed by atoms with van der Waals surface area (Å²) in [7, 11) is 0. The van der Waals surface area contributed by atoms with Crippen molar-refractivity contribution in [2.45, 2.75) is 26.7 Å². The molecule has 0 saturated carbocycles. The Labute approximate surface area is 103 Å². The molecule has 1 fully saturated rings. The number of hydrogen-bond donors (Lipinski definition) is 1. The molecule has 0 amide bonds. The number of rotatable bonds is 2. The van der Waals surface area contributed by atoms with Gasteiger partial charge in [-0.2, -0.15) is 0 Å². The zero-order valence-corrected chi connectivity index (χ0v) is 10.6. The molecular weight excluding hydrogens is 215 g/mol. The van der Waals surface area contributed by atoms with Crippen molar-refractivity contribution in [1.82, 2.24) is 0 Å². The van der Waals surface area contributed by atoms with E-state index in [0.29, 0.717) is 11.4 Å². The highest BCUT2D eigenvalue weighted by molar-refractivity contribution is 5.54. The second-order valence-corrected chi connectivity index (χ2v) is 5.28. The molecule has 0 unspecified atom stereocenters. The van der Waals surface area contributed by atoms with E-state index < -0.39 is 0 Å². The number of piperidine rings is 1. The average Bonchev–Trinajstić information content (AvgIpc) is 2.29. The highest BCUT2D eigenvalue weighted by Gasteiger charge is 2.23. The van der Waals surface area contributed by atoms with Gasteiger partial charge in [-0.05, 0) is 42.9 Å². The van der Waals surface area contributed by atoms with E-state index in [9.17, 15) is 4.39 Å². The van der Waals surface area contributed by atoms with E-state index in [2.05, 4.69) is 18.7 Å². The molecule has 2 nitrogen and oxygen atoms in total. The Bertz CT molecular complexity index is 382. The summed E-state index contributed by atoms with van der Waals surface area (Å²) in [6.07, 6.45) is 2.31. The summed E-state index contributed by atoms with van der Waals surface area (Å²) in [4.78, 5) is 2.13. The molecule has 0 aromatic heterocycles. The van der Waals surface area contributed by atoms with Gasteiger partial charge in [-0.3, -0.25) is 0 Å². The van der Waals surface area contributed by atoms with E-state index >= 15 is 0 Å². The Morgan fingerprint density at radius 2 is 1.94 bits per heavy atom. The minimum Gasteiger partial charge on any atom is -0.399 e. The second-order valence-electron chi connectivity index (χ2n) is 5.28. The predicted octanol–water partition coefficient (Wildman–Crippen LogP) is 3.28. The smallest absolute Gasteiger partial charge is 0.148 e. The highest BCUT2D eigenvalue weighted by Crippen LogP contribution is 2.29. The number of hydrogen-bond acceptors (Lipinski definition) is 2. The van der Waals surface area contributed by atoms with Gasteiger partial charge in [0.05, 0.1) is 5.69 Å². The molecule has 0 bridgehead atoms. The summed E-state index contributed by atoms with van der Waals surface area (Å²) >= 11 is 0. The fraction of sp³-hybridized carbons (Fsp3) is 0.571. The van der Waals surface area contributed by atoms with E-state index in [1.54, 1.807) is 12.1 Å². The SMILES string of the molecule is CC(C)C1CCN(c2ccc(N)cc2F)CC1. The predicted molar refractivity (Wildman–Crippen MR) is 70.6 cm³/mol. The first kappa shape index (κ1) is 12.2. The first-order valence-corrected chi connectivity index (χ1v) is 6.38. The Morgan fingerprint density at radius 3 is 2.47 bits per heavy atom. The second kappa shape index (κ2) is 4.94. The van der Waals surface area contributed by atoms with Crippen LogP contribution in [0.2, 0.25) is 0 Å². The van der Waals surface area contributed by atoms with Gasteiger partial charge in [-0.25, -0.2) is 4.39 Å². The van der Waals surface area contributed by atoms with Crippen LogP contribution in [0.4, 0.5) is 15.8 Å². The van der Waals surface area contributed by atoms with Gasteiger partial charge in [0.25, 0.3) is 0 Å². The number of benzene rings is 1. The molecule has 2 rings (SSSR count). The topological polar surface area (TPSA) is 29.3 Å². The van der Waals surface area contributed by atoms with E-state index in [1.165, 1.54) is 6.07 Å². The Balaban J connectivity index is 2.05. The molecule has 94 valence electrons. The number of anilines is 2. The monoisotopic (exact) mass is 236 g/mol. The molecule has 3 heteroatoms. The molecule has 0 radical (unpaired) electrons. The summed E-state index contributed by atoms with van der Waals surface area (Å²) in [5, 5.41) is 0. The molecule has 1 aromatic rings. The van der Waals surface area contributed by atoms with Crippen molar-refractivity contribution in [1.29, 1.82) is 0 Å². The van der Waals surface area contributed by atoms with Crippen molar-refractivity contribution in [3.63, 3.8) is 0 Å². The molecule has 1 saturated heterocycles. The van der Waals surface area contributed by atoms with Crippen LogP contribution in [0.25, 0.3) is 0 Å². The van der Waals surface area contributed by atoms with Crippen molar-refractivity contribution in [3.8, 4) is 0 Å².